The summed E-state index contributed by atoms with van der Waals surface area (Å²) in [6, 6.07) is 15.6. The van der Waals surface area contributed by atoms with Gasteiger partial charge >= 0.3 is 0 Å². The molecule has 1 atom stereocenters. The average Bonchev–Trinajstić information content (AvgIpc) is 3.17. The topological polar surface area (TPSA) is 79.0 Å². The minimum Gasteiger partial charge on any atom is -0.398 e. The molecule has 4 N–H and O–H groups in total. The summed E-state index contributed by atoms with van der Waals surface area (Å²) in [6.45, 7) is 2.32. The summed E-state index contributed by atoms with van der Waals surface area (Å²) >= 11 is 0. The van der Waals surface area contributed by atoms with Crippen molar-refractivity contribution < 1.29 is 4.79 Å². The highest BCUT2D eigenvalue weighted by molar-refractivity contribution is 6.04. The van der Waals surface area contributed by atoms with E-state index in [0.29, 0.717) is 40.9 Å². The van der Waals surface area contributed by atoms with E-state index in [2.05, 4.69) is 29.6 Å². The van der Waals surface area contributed by atoms with Crippen LogP contribution in [-0.2, 0) is 0 Å². The van der Waals surface area contributed by atoms with Crippen molar-refractivity contribution in [1.82, 2.24) is 5.32 Å². The first-order valence-corrected chi connectivity index (χ1v) is 9.34. The second-order valence-corrected chi connectivity index (χ2v) is 7.20. The number of carbonyl (C=O) groups is 1. The van der Waals surface area contributed by atoms with Gasteiger partial charge in [0.05, 0.1) is 0 Å². The number of hydrogen-bond acceptors (Lipinski definition) is 3. The van der Waals surface area contributed by atoms with Gasteiger partial charge in [0, 0.05) is 35.0 Å². The molecule has 2 aromatic rings. The van der Waals surface area contributed by atoms with E-state index < -0.39 is 0 Å². The molecule has 0 spiro atoms. The molecule has 4 heteroatoms. The van der Waals surface area contributed by atoms with Crippen LogP contribution in [-0.4, -0.2) is 18.2 Å². The van der Waals surface area contributed by atoms with Crippen molar-refractivity contribution in [1.29, 1.82) is 5.41 Å². The third-order valence-electron chi connectivity index (χ3n) is 5.40. The van der Waals surface area contributed by atoms with Crippen LogP contribution in [0.25, 0.3) is 0 Å². The minimum absolute atomic E-state index is 0.105. The molecule has 1 fully saturated rings. The van der Waals surface area contributed by atoms with Crippen molar-refractivity contribution in [3.05, 3.63) is 65.2 Å². The first kappa shape index (κ1) is 18.2. The predicted molar refractivity (Wildman–Crippen MR) is 107 cm³/mol. The van der Waals surface area contributed by atoms with Crippen LogP contribution in [0.3, 0.4) is 0 Å². The molecule has 4 nitrogen and oxygen atoms in total. The van der Waals surface area contributed by atoms with E-state index in [1.807, 2.05) is 6.07 Å². The van der Waals surface area contributed by atoms with Gasteiger partial charge in [0.2, 0.25) is 0 Å². The molecule has 0 radical (unpaired) electrons. The van der Waals surface area contributed by atoms with E-state index in [4.69, 9.17) is 11.1 Å². The maximum Gasteiger partial charge on any atom is 0.251 e. The second-order valence-electron chi connectivity index (χ2n) is 7.20. The molecule has 1 amide bonds. The van der Waals surface area contributed by atoms with E-state index >= 15 is 0 Å². The number of hydrogen-bond donors (Lipinski definition) is 3. The Morgan fingerprint density at radius 1 is 1.19 bits per heavy atom. The fraction of sp³-hybridized carbons (Fsp3) is 0.364. The second kappa shape index (κ2) is 8.17. The van der Waals surface area contributed by atoms with Crippen LogP contribution >= 0.6 is 0 Å². The van der Waals surface area contributed by atoms with Gasteiger partial charge in [-0.2, -0.15) is 0 Å². The summed E-state index contributed by atoms with van der Waals surface area (Å²) in [7, 11) is 0. The van der Waals surface area contributed by atoms with Gasteiger partial charge in [0.25, 0.3) is 5.91 Å². The molecule has 3 rings (SSSR count). The van der Waals surface area contributed by atoms with Gasteiger partial charge < -0.3 is 16.5 Å². The Morgan fingerprint density at radius 2 is 1.88 bits per heavy atom. The van der Waals surface area contributed by atoms with Crippen LogP contribution in [0.1, 0.15) is 60.0 Å². The van der Waals surface area contributed by atoms with Gasteiger partial charge in [-0.05, 0) is 49.4 Å². The molecular formula is C22H27N3O. The van der Waals surface area contributed by atoms with E-state index in [-0.39, 0.29) is 5.91 Å². The van der Waals surface area contributed by atoms with Crippen molar-refractivity contribution in [2.75, 3.05) is 12.3 Å². The lowest BCUT2D eigenvalue weighted by Crippen LogP contribution is -2.31. The first-order chi connectivity index (χ1) is 12.6. The highest BCUT2D eigenvalue weighted by atomic mass is 16.1. The summed E-state index contributed by atoms with van der Waals surface area (Å²) in [6.07, 6.45) is 5.02. The third kappa shape index (κ3) is 4.13. The summed E-state index contributed by atoms with van der Waals surface area (Å²) in [5.74, 6) is 0.871. The summed E-state index contributed by atoms with van der Waals surface area (Å²) in [5.41, 5.74) is 9.27. The number of anilines is 1. The van der Waals surface area contributed by atoms with Gasteiger partial charge in [0.15, 0.2) is 0 Å². The van der Waals surface area contributed by atoms with Crippen molar-refractivity contribution in [3.63, 3.8) is 0 Å². The molecule has 2 aromatic carbocycles. The molecule has 0 heterocycles. The van der Waals surface area contributed by atoms with Crippen LogP contribution in [0.5, 0.6) is 0 Å². The molecule has 1 saturated carbocycles. The number of amides is 1. The molecule has 0 saturated heterocycles. The Bertz CT molecular complexity index is 779. The van der Waals surface area contributed by atoms with Gasteiger partial charge in [-0.15, -0.1) is 0 Å². The lowest BCUT2D eigenvalue weighted by Gasteiger charge is -2.24. The maximum atomic E-state index is 12.7. The highest BCUT2D eigenvalue weighted by Crippen LogP contribution is 2.37. The largest absolute Gasteiger partial charge is 0.398 e. The molecule has 0 bridgehead atoms. The van der Waals surface area contributed by atoms with Crippen LogP contribution in [0.15, 0.2) is 48.5 Å². The standard InChI is InChI=1S/C22H27N3O/c1-15(23)19-13-18(11-12-21(19)24)22(26)25-14-20(17-9-5-6-10-17)16-7-3-2-4-8-16/h2-4,7-8,11-13,17,20,23H,5-6,9-10,14,24H2,1H3,(H,25,26). The predicted octanol–water partition coefficient (Wildman–Crippen LogP) is 4.36. The quantitative estimate of drug-likeness (QED) is 0.535. The lowest BCUT2D eigenvalue weighted by atomic mass is 9.84. The van der Waals surface area contributed by atoms with E-state index in [1.54, 1.807) is 25.1 Å². The Labute approximate surface area is 155 Å². The smallest absolute Gasteiger partial charge is 0.251 e. The van der Waals surface area contributed by atoms with E-state index in [1.165, 1.54) is 31.2 Å². The molecule has 1 aliphatic rings. The van der Waals surface area contributed by atoms with Gasteiger partial charge in [-0.25, -0.2) is 0 Å². The maximum absolute atomic E-state index is 12.7. The van der Waals surface area contributed by atoms with Crippen LogP contribution in [0, 0.1) is 11.3 Å². The number of nitrogens with two attached hydrogens (primary N) is 1. The van der Waals surface area contributed by atoms with Crippen molar-refractivity contribution >= 4 is 17.3 Å². The summed E-state index contributed by atoms with van der Waals surface area (Å²) in [4.78, 5) is 12.7. The van der Waals surface area contributed by atoms with Crippen molar-refractivity contribution in [3.8, 4) is 0 Å². The Kier molecular flexibility index (Phi) is 5.71. The fourth-order valence-electron chi connectivity index (χ4n) is 3.94. The highest BCUT2D eigenvalue weighted by Gasteiger charge is 2.26. The number of carbonyl (C=O) groups excluding carboxylic acids is 1. The zero-order valence-electron chi connectivity index (χ0n) is 15.3. The lowest BCUT2D eigenvalue weighted by molar-refractivity contribution is 0.0948. The molecule has 1 aliphatic carbocycles. The number of nitrogen functional groups attached to an aromatic ring is 1. The molecule has 0 aliphatic heterocycles. The zero-order valence-corrected chi connectivity index (χ0v) is 15.3. The SMILES string of the molecule is CC(=N)c1cc(C(=O)NCC(c2ccccc2)C2CCCC2)ccc1N. The Morgan fingerprint density at radius 3 is 2.54 bits per heavy atom. The Hall–Kier alpha value is -2.62. The number of rotatable bonds is 6. The molecule has 0 aromatic heterocycles. The van der Waals surface area contributed by atoms with Gasteiger partial charge in [-0.1, -0.05) is 43.2 Å². The van der Waals surface area contributed by atoms with Crippen molar-refractivity contribution in [2.24, 2.45) is 5.92 Å². The van der Waals surface area contributed by atoms with Crippen LogP contribution in [0.2, 0.25) is 0 Å². The summed E-state index contributed by atoms with van der Waals surface area (Å²) in [5, 5.41) is 10.9. The third-order valence-corrected chi connectivity index (χ3v) is 5.40. The van der Waals surface area contributed by atoms with Crippen molar-refractivity contribution in [2.45, 2.75) is 38.5 Å². The van der Waals surface area contributed by atoms with Gasteiger partial charge in [0.1, 0.15) is 0 Å². The zero-order chi connectivity index (χ0) is 18.5. The first-order valence-electron chi connectivity index (χ1n) is 9.34. The average molecular weight is 349 g/mol. The van der Waals surface area contributed by atoms with Crippen LogP contribution in [0.4, 0.5) is 5.69 Å². The molecular weight excluding hydrogens is 322 g/mol. The fourth-order valence-corrected chi connectivity index (χ4v) is 3.94. The van der Waals surface area contributed by atoms with E-state index in [0.717, 1.165) is 0 Å². The molecule has 136 valence electrons. The molecule has 1 unspecified atom stereocenters. The van der Waals surface area contributed by atoms with Crippen LogP contribution < -0.4 is 11.1 Å². The molecule has 26 heavy (non-hydrogen) atoms. The normalized spacial score (nSPS) is 15.6. The monoisotopic (exact) mass is 349 g/mol. The van der Waals surface area contributed by atoms with Gasteiger partial charge in [-0.3, -0.25) is 4.79 Å². The minimum atomic E-state index is -0.105. The Balaban J connectivity index is 1.73. The number of nitrogens with one attached hydrogen (secondary N) is 2. The number of benzene rings is 2. The van der Waals surface area contributed by atoms with E-state index in [9.17, 15) is 4.79 Å². The summed E-state index contributed by atoms with van der Waals surface area (Å²) < 4.78 is 0.